The van der Waals surface area contributed by atoms with Gasteiger partial charge in [0.05, 0.1) is 11.6 Å². The normalized spacial score (nSPS) is 18.2. The molecule has 0 aliphatic carbocycles. The minimum atomic E-state index is -0.216. The van der Waals surface area contributed by atoms with Crippen LogP contribution in [0.3, 0.4) is 0 Å². The van der Waals surface area contributed by atoms with Crippen LogP contribution >= 0.6 is 35.3 Å². The van der Waals surface area contributed by atoms with E-state index >= 15 is 0 Å². The van der Waals surface area contributed by atoms with E-state index in [2.05, 4.69) is 34.0 Å². The first kappa shape index (κ1) is 22.1. The minimum Gasteiger partial charge on any atom is -0.370 e. The molecule has 2 heterocycles. The number of carbonyl (C=O) groups excluding carboxylic acids is 1. The van der Waals surface area contributed by atoms with Crippen molar-refractivity contribution in [3.63, 3.8) is 0 Å². The summed E-state index contributed by atoms with van der Waals surface area (Å²) in [4.78, 5) is 23.5. The van der Waals surface area contributed by atoms with Crippen LogP contribution in [0.2, 0.25) is 0 Å². The predicted octanol–water partition coefficient (Wildman–Crippen LogP) is 2.62. The number of carbonyl (C=O) groups is 1. The second kappa shape index (κ2) is 10.9. The topological polar surface area (TPSA) is 83.6 Å². The van der Waals surface area contributed by atoms with Crippen LogP contribution in [0, 0.1) is 11.8 Å². The van der Waals surface area contributed by atoms with E-state index in [9.17, 15) is 4.79 Å². The van der Waals surface area contributed by atoms with Crippen LogP contribution < -0.4 is 11.1 Å². The highest BCUT2D eigenvalue weighted by Gasteiger charge is 2.23. The second-order valence-corrected chi connectivity index (χ2v) is 8.04. The SMILES string of the molecule is CN=C(NCc1cnc(CC(C)C)s1)N1CCCC(CC(N)=O)C1.I. The number of nitrogens with zero attached hydrogens (tertiary/aromatic N) is 3. The number of hydrogen-bond acceptors (Lipinski definition) is 4. The first-order valence-electron chi connectivity index (χ1n) is 8.65. The molecular weight excluding hydrogens is 449 g/mol. The standard InChI is InChI=1S/C17H29N5OS.HI/c1-12(2)7-16-20-9-14(24-16)10-21-17(19-3)22-6-4-5-13(11-22)8-15(18)23;/h9,12-13H,4-8,10-11H2,1-3H3,(H2,18,23)(H,19,21);1H. The van der Waals surface area contributed by atoms with Crippen LogP contribution in [0.15, 0.2) is 11.2 Å². The second-order valence-electron chi connectivity index (χ2n) is 6.84. The Hall–Kier alpha value is -0.900. The number of thiazole rings is 1. The smallest absolute Gasteiger partial charge is 0.217 e. The number of hydrogen-bond donors (Lipinski definition) is 2. The number of aliphatic imine (C=N–C) groups is 1. The summed E-state index contributed by atoms with van der Waals surface area (Å²) in [5.74, 6) is 1.63. The molecule has 1 aliphatic heterocycles. The van der Waals surface area contributed by atoms with Gasteiger partial charge < -0.3 is 16.0 Å². The average molecular weight is 479 g/mol. The maximum atomic E-state index is 11.2. The number of amides is 1. The van der Waals surface area contributed by atoms with Crippen molar-refractivity contribution in [1.29, 1.82) is 0 Å². The van der Waals surface area contributed by atoms with Crippen molar-refractivity contribution >= 4 is 47.2 Å². The van der Waals surface area contributed by atoms with E-state index in [1.165, 1.54) is 9.88 Å². The average Bonchev–Trinajstić information content (AvgIpc) is 2.94. The van der Waals surface area contributed by atoms with E-state index in [0.717, 1.165) is 44.9 Å². The fourth-order valence-electron chi connectivity index (χ4n) is 3.08. The molecule has 142 valence electrons. The fraction of sp³-hybridized carbons (Fsp3) is 0.706. The predicted molar refractivity (Wildman–Crippen MR) is 114 cm³/mol. The molecule has 8 heteroatoms. The summed E-state index contributed by atoms with van der Waals surface area (Å²) in [5.41, 5.74) is 5.34. The molecule has 1 atom stereocenters. The van der Waals surface area contributed by atoms with Gasteiger partial charge in [0.1, 0.15) is 0 Å². The zero-order valence-electron chi connectivity index (χ0n) is 15.3. The minimum absolute atomic E-state index is 0. The van der Waals surface area contributed by atoms with Gasteiger partial charge in [-0.2, -0.15) is 0 Å². The van der Waals surface area contributed by atoms with Gasteiger partial charge in [-0.1, -0.05) is 13.8 Å². The summed E-state index contributed by atoms with van der Waals surface area (Å²) in [6, 6.07) is 0. The van der Waals surface area contributed by atoms with Crippen molar-refractivity contribution in [3.8, 4) is 0 Å². The zero-order valence-corrected chi connectivity index (χ0v) is 18.5. The summed E-state index contributed by atoms with van der Waals surface area (Å²) in [6.45, 7) is 6.96. The maximum Gasteiger partial charge on any atom is 0.217 e. The molecule has 0 spiro atoms. The Kier molecular flexibility index (Phi) is 9.70. The lowest BCUT2D eigenvalue weighted by atomic mass is 9.95. The van der Waals surface area contributed by atoms with Gasteiger partial charge in [-0.15, -0.1) is 35.3 Å². The van der Waals surface area contributed by atoms with Gasteiger partial charge in [0.2, 0.25) is 5.91 Å². The van der Waals surface area contributed by atoms with Crippen LogP contribution in [0.1, 0.15) is 43.0 Å². The molecule has 25 heavy (non-hydrogen) atoms. The number of rotatable bonds is 6. The Morgan fingerprint density at radius 3 is 2.96 bits per heavy atom. The number of halogens is 1. The monoisotopic (exact) mass is 479 g/mol. The first-order valence-corrected chi connectivity index (χ1v) is 9.47. The Morgan fingerprint density at radius 2 is 2.32 bits per heavy atom. The van der Waals surface area contributed by atoms with Crippen molar-refractivity contribution in [3.05, 3.63) is 16.1 Å². The third kappa shape index (κ3) is 7.47. The van der Waals surface area contributed by atoms with Gasteiger partial charge in [0, 0.05) is 44.1 Å². The number of aromatic nitrogens is 1. The van der Waals surface area contributed by atoms with Crippen LogP contribution in [-0.4, -0.2) is 41.9 Å². The molecule has 1 unspecified atom stereocenters. The summed E-state index contributed by atoms with van der Waals surface area (Å²) in [7, 11) is 1.80. The lowest BCUT2D eigenvalue weighted by molar-refractivity contribution is -0.119. The number of piperidine rings is 1. The highest BCUT2D eigenvalue weighted by atomic mass is 127. The Labute approximate surface area is 171 Å². The van der Waals surface area contributed by atoms with Gasteiger partial charge in [-0.05, 0) is 24.7 Å². The van der Waals surface area contributed by atoms with Gasteiger partial charge in [0.25, 0.3) is 0 Å². The van der Waals surface area contributed by atoms with Gasteiger partial charge in [0.15, 0.2) is 5.96 Å². The highest BCUT2D eigenvalue weighted by molar-refractivity contribution is 14.0. The summed E-state index contributed by atoms with van der Waals surface area (Å²) >= 11 is 1.76. The third-order valence-electron chi connectivity index (χ3n) is 4.13. The van der Waals surface area contributed by atoms with Crippen molar-refractivity contribution in [2.75, 3.05) is 20.1 Å². The molecule has 0 radical (unpaired) electrons. The molecular formula is C17H30IN5OS. The Bertz CT molecular complexity index is 575. The van der Waals surface area contributed by atoms with Gasteiger partial charge >= 0.3 is 0 Å². The Morgan fingerprint density at radius 1 is 1.56 bits per heavy atom. The number of nitrogens with two attached hydrogens (primary N) is 1. The van der Waals surface area contributed by atoms with E-state index in [-0.39, 0.29) is 29.9 Å². The van der Waals surface area contributed by atoms with E-state index in [1.807, 2.05) is 6.20 Å². The number of likely N-dealkylation sites (tertiary alicyclic amines) is 1. The van der Waals surface area contributed by atoms with E-state index in [1.54, 1.807) is 18.4 Å². The van der Waals surface area contributed by atoms with Crippen LogP contribution in [0.25, 0.3) is 0 Å². The molecule has 1 amide bonds. The van der Waals surface area contributed by atoms with Gasteiger partial charge in [-0.25, -0.2) is 4.98 Å². The Balaban J connectivity index is 0.00000312. The lowest BCUT2D eigenvalue weighted by Gasteiger charge is -2.34. The molecule has 1 saturated heterocycles. The number of guanidine groups is 1. The third-order valence-corrected chi connectivity index (χ3v) is 5.14. The van der Waals surface area contributed by atoms with Crippen LogP contribution in [0.5, 0.6) is 0 Å². The van der Waals surface area contributed by atoms with Crippen LogP contribution in [-0.2, 0) is 17.8 Å². The van der Waals surface area contributed by atoms with Crippen molar-refractivity contribution < 1.29 is 4.79 Å². The van der Waals surface area contributed by atoms with Crippen molar-refractivity contribution in [2.45, 2.75) is 46.1 Å². The zero-order chi connectivity index (χ0) is 17.5. The largest absolute Gasteiger partial charge is 0.370 e. The fourth-order valence-corrected chi connectivity index (χ4v) is 4.15. The summed E-state index contributed by atoms with van der Waals surface area (Å²) in [6.07, 6.45) is 5.57. The van der Waals surface area contributed by atoms with E-state index in [0.29, 0.717) is 18.3 Å². The molecule has 1 aliphatic rings. The summed E-state index contributed by atoms with van der Waals surface area (Å²) < 4.78 is 0. The molecule has 6 nitrogen and oxygen atoms in total. The molecule has 1 aromatic heterocycles. The van der Waals surface area contributed by atoms with Crippen molar-refractivity contribution in [2.24, 2.45) is 22.6 Å². The first-order chi connectivity index (χ1) is 11.5. The van der Waals surface area contributed by atoms with E-state index < -0.39 is 0 Å². The van der Waals surface area contributed by atoms with Crippen LogP contribution in [0.4, 0.5) is 0 Å². The summed E-state index contributed by atoms with van der Waals surface area (Å²) in [5, 5.41) is 4.62. The van der Waals surface area contributed by atoms with Crippen molar-refractivity contribution in [1.82, 2.24) is 15.2 Å². The number of primary amides is 1. The van der Waals surface area contributed by atoms with Gasteiger partial charge in [-0.3, -0.25) is 9.79 Å². The van der Waals surface area contributed by atoms with E-state index in [4.69, 9.17) is 5.73 Å². The molecule has 3 N–H and O–H groups in total. The molecule has 0 bridgehead atoms. The molecule has 0 aromatic carbocycles. The lowest BCUT2D eigenvalue weighted by Crippen LogP contribution is -2.46. The number of nitrogens with one attached hydrogen (secondary N) is 1. The maximum absolute atomic E-state index is 11.2. The highest BCUT2D eigenvalue weighted by Crippen LogP contribution is 2.20. The molecule has 0 saturated carbocycles. The molecule has 1 aromatic rings. The molecule has 1 fully saturated rings. The quantitative estimate of drug-likeness (QED) is 0.373. The molecule has 2 rings (SSSR count).